The van der Waals surface area contributed by atoms with Gasteiger partial charge in [-0.15, -0.1) is 0 Å². The molecule has 0 radical (unpaired) electrons. The molecule has 0 aromatic carbocycles. The summed E-state index contributed by atoms with van der Waals surface area (Å²) in [6.45, 7) is 2.37. The zero-order valence-corrected chi connectivity index (χ0v) is 10.7. The molecule has 0 bridgehead atoms. The van der Waals surface area contributed by atoms with Crippen LogP contribution in [0.4, 0.5) is 0 Å². The van der Waals surface area contributed by atoms with E-state index in [0.717, 1.165) is 51.7 Å². The molecule has 2 fully saturated rings. The minimum Gasteiger partial charge on any atom is -0.469 e. The Morgan fingerprint density at radius 2 is 2.12 bits per heavy atom. The Bertz CT molecular complexity index is 274. The highest BCUT2D eigenvalue weighted by atomic mass is 16.5. The number of aliphatic hydroxyl groups is 1. The van der Waals surface area contributed by atoms with Crippen molar-refractivity contribution in [3.63, 3.8) is 0 Å². The van der Waals surface area contributed by atoms with E-state index in [0.29, 0.717) is 0 Å². The first-order chi connectivity index (χ1) is 8.13. The van der Waals surface area contributed by atoms with Crippen LogP contribution in [-0.2, 0) is 9.53 Å². The van der Waals surface area contributed by atoms with Crippen LogP contribution in [0.2, 0.25) is 0 Å². The number of hydrogen-bond donors (Lipinski definition) is 1. The van der Waals surface area contributed by atoms with E-state index in [9.17, 15) is 9.90 Å². The van der Waals surface area contributed by atoms with Crippen LogP contribution in [0.5, 0.6) is 0 Å². The lowest BCUT2D eigenvalue weighted by Crippen LogP contribution is -2.43. The van der Waals surface area contributed by atoms with Crippen LogP contribution in [0.25, 0.3) is 0 Å². The van der Waals surface area contributed by atoms with E-state index in [-0.39, 0.29) is 11.9 Å². The molecule has 0 aromatic heterocycles. The van der Waals surface area contributed by atoms with Gasteiger partial charge in [0.25, 0.3) is 0 Å². The molecule has 1 atom stereocenters. The largest absolute Gasteiger partial charge is 0.469 e. The maximum absolute atomic E-state index is 11.4. The molecular weight excluding hydrogens is 218 g/mol. The van der Waals surface area contributed by atoms with E-state index in [1.165, 1.54) is 13.5 Å². The average Bonchev–Trinajstić information content (AvgIpc) is 2.76. The SMILES string of the molecule is COC(=O)C1CCN(CC2(O)CCCCC2)C1. The van der Waals surface area contributed by atoms with Crippen molar-refractivity contribution in [2.24, 2.45) is 5.92 Å². The molecule has 4 nitrogen and oxygen atoms in total. The molecule has 0 spiro atoms. The van der Waals surface area contributed by atoms with Crippen molar-refractivity contribution in [2.75, 3.05) is 26.7 Å². The lowest BCUT2D eigenvalue weighted by Gasteiger charge is -2.35. The second-order valence-electron chi connectivity index (χ2n) is 5.53. The van der Waals surface area contributed by atoms with Crippen LogP contribution in [0.15, 0.2) is 0 Å². The van der Waals surface area contributed by atoms with Crippen molar-refractivity contribution in [3.05, 3.63) is 0 Å². The summed E-state index contributed by atoms with van der Waals surface area (Å²) in [6.07, 6.45) is 6.18. The number of β-amino-alcohol motifs (C(OH)–C–C–N with tert-alkyl or cyclic N) is 1. The van der Waals surface area contributed by atoms with Crippen molar-refractivity contribution >= 4 is 5.97 Å². The van der Waals surface area contributed by atoms with Gasteiger partial charge in [0.05, 0.1) is 18.6 Å². The number of carbonyl (C=O) groups is 1. The highest BCUT2D eigenvalue weighted by molar-refractivity contribution is 5.72. The first-order valence-electron chi connectivity index (χ1n) is 6.65. The Kier molecular flexibility index (Phi) is 4.05. The van der Waals surface area contributed by atoms with Gasteiger partial charge in [0.15, 0.2) is 0 Å². The molecular formula is C13H23NO3. The van der Waals surface area contributed by atoms with Crippen LogP contribution in [0, 0.1) is 5.92 Å². The monoisotopic (exact) mass is 241 g/mol. The molecule has 1 N–H and O–H groups in total. The van der Waals surface area contributed by atoms with Crippen LogP contribution in [0.1, 0.15) is 38.5 Å². The number of rotatable bonds is 3. The molecule has 1 unspecified atom stereocenters. The van der Waals surface area contributed by atoms with E-state index in [4.69, 9.17) is 4.74 Å². The van der Waals surface area contributed by atoms with Crippen LogP contribution >= 0.6 is 0 Å². The van der Waals surface area contributed by atoms with Gasteiger partial charge in [-0.05, 0) is 25.8 Å². The first kappa shape index (κ1) is 12.8. The normalized spacial score (nSPS) is 29.2. The zero-order valence-electron chi connectivity index (χ0n) is 10.7. The standard InChI is InChI=1S/C13H23NO3/c1-17-12(15)11-5-8-14(9-11)10-13(16)6-3-2-4-7-13/h11,16H,2-10H2,1H3. The van der Waals surface area contributed by atoms with Gasteiger partial charge in [0.2, 0.25) is 0 Å². The van der Waals surface area contributed by atoms with Gasteiger partial charge in [-0.1, -0.05) is 19.3 Å². The third kappa shape index (κ3) is 3.19. The summed E-state index contributed by atoms with van der Waals surface area (Å²) in [5.41, 5.74) is -0.511. The van der Waals surface area contributed by atoms with E-state index >= 15 is 0 Å². The molecule has 1 heterocycles. The maximum atomic E-state index is 11.4. The fourth-order valence-corrected chi connectivity index (χ4v) is 3.12. The lowest BCUT2D eigenvalue weighted by molar-refractivity contribution is -0.145. The molecule has 2 rings (SSSR count). The highest BCUT2D eigenvalue weighted by Gasteiger charge is 2.36. The summed E-state index contributed by atoms with van der Waals surface area (Å²) >= 11 is 0. The van der Waals surface area contributed by atoms with Crippen LogP contribution < -0.4 is 0 Å². The predicted molar refractivity (Wildman–Crippen MR) is 64.6 cm³/mol. The molecule has 0 amide bonds. The first-order valence-corrected chi connectivity index (χ1v) is 6.65. The fourth-order valence-electron chi connectivity index (χ4n) is 3.12. The third-order valence-corrected chi connectivity index (χ3v) is 4.11. The molecule has 17 heavy (non-hydrogen) atoms. The third-order valence-electron chi connectivity index (χ3n) is 4.11. The summed E-state index contributed by atoms with van der Waals surface area (Å²) in [5, 5.41) is 10.5. The Morgan fingerprint density at radius 3 is 2.76 bits per heavy atom. The number of ether oxygens (including phenoxy) is 1. The van der Waals surface area contributed by atoms with Crippen molar-refractivity contribution in [1.29, 1.82) is 0 Å². The number of likely N-dealkylation sites (tertiary alicyclic amines) is 1. The number of esters is 1. The van der Waals surface area contributed by atoms with Crippen LogP contribution in [-0.4, -0.2) is 48.3 Å². The van der Waals surface area contributed by atoms with Gasteiger partial charge in [0.1, 0.15) is 0 Å². The molecule has 1 aliphatic heterocycles. The molecule has 98 valence electrons. The van der Waals surface area contributed by atoms with Gasteiger partial charge in [0, 0.05) is 13.1 Å². The fraction of sp³-hybridized carbons (Fsp3) is 0.923. The van der Waals surface area contributed by atoms with E-state index in [1.54, 1.807) is 0 Å². The van der Waals surface area contributed by atoms with Crippen molar-refractivity contribution in [1.82, 2.24) is 4.90 Å². The van der Waals surface area contributed by atoms with Crippen molar-refractivity contribution < 1.29 is 14.6 Å². The van der Waals surface area contributed by atoms with Crippen LogP contribution in [0.3, 0.4) is 0 Å². The Labute approximate surface area is 103 Å². The summed E-state index contributed by atoms with van der Waals surface area (Å²) in [7, 11) is 1.44. The minimum atomic E-state index is -0.511. The zero-order chi connectivity index (χ0) is 12.3. The summed E-state index contributed by atoms with van der Waals surface area (Å²) in [4.78, 5) is 13.6. The van der Waals surface area contributed by atoms with Gasteiger partial charge >= 0.3 is 5.97 Å². The quantitative estimate of drug-likeness (QED) is 0.754. The van der Waals surface area contributed by atoms with Gasteiger partial charge in [-0.25, -0.2) is 0 Å². The predicted octanol–water partition coefficient (Wildman–Crippen LogP) is 1.18. The maximum Gasteiger partial charge on any atom is 0.310 e. The molecule has 1 aliphatic carbocycles. The molecule has 1 saturated carbocycles. The smallest absolute Gasteiger partial charge is 0.310 e. The van der Waals surface area contributed by atoms with Crippen molar-refractivity contribution in [2.45, 2.75) is 44.1 Å². The van der Waals surface area contributed by atoms with E-state index in [1.807, 2.05) is 0 Å². The molecule has 4 heteroatoms. The van der Waals surface area contributed by atoms with E-state index in [2.05, 4.69) is 4.90 Å². The molecule has 2 aliphatic rings. The summed E-state index contributed by atoms with van der Waals surface area (Å²) < 4.78 is 4.77. The van der Waals surface area contributed by atoms with Gasteiger partial charge in [-0.2, -0.15) is 0 Å². The average molecular weight is 241 g/mol. The number of carbonyl (C=O) groups excluding carboxylic acids is 1. The second-order valence-corrected chi connectivity index (χ2v) is 5.53. The highest BCUT2D eigenvalue weighted by Crippen LogP contribution is 2.30. The van der Waals surface area contributed by atoms with Gasteiger partial charge in [-0.3, -0.25) is 9.69 Å². The number of methoxy groups -OCH3 is 1. The van der Waals surface area contributed by atoms with E-state index < -0.39 is 5.60 Å². The summed E-state index contributed by atoms with van der Waals surface area (Å²) in [5.74, 6) is -0.102. The minimum absolute atomic E-state index is 0.00666. The number of hydrogen-bond acceptors (Lipinski definition) is 4. The Morgan fingerprint density at radius 1 is 1.41 bits per heavy atom. The Hall–Kier alpha value is -0.610. The number of nitrogens with zero attached hydrogens (tertiary/aromatic N) is 1. The summed E-state index contributed by atoms with van der Waals surface area (Å²) in [6, 6.07) is 0. The molecule has 1 saturated heterocycles. The molecule has 0 aromatic rings. The van der Waals surface area contributed by atoms with Crippen molar-refractivity contribution in [3.8, 4) is 0 Å². The van der Waals surface area contributed by atoms with Gasteiger partial charge < -0.3 is 9.84 Å². The lowest BCUT2D eigenvalue weighted by atomic mass is 9.84. The Balaban J connectivity index is 1.82. The second kappa shape index (κ2) is 5.36. The topological polar surface area (TPSA) is 49.8 Å².